The van der Waals surface area contributed by atoms with E-state index in [1.165, 1.54) is 9.26 Å². The van der Waals surface area contributed by atoms with Crippen LogP contribution in [0.15, 0.2) is 34.8 Å². The SMILES string of the molecule is Brc1ccc(I)c(N2CC=CC2)c1. The van der Waals surface area contributed by atoms with Crippen LogP contribution in [-0.2, 0) is 0 Å². The maximum Gasteiger partial charge on any atom is 0.0518 e. The summed E-state index contributed by atoms with van der Waals surface area (Å²) in [6.07, 6.45) is 4.41. The van der Waals surface area contributed by atoms with Crippen molar-refractivity contribution in [1.29, 1.82) is 0 Å². The molecular formula is C10H9BrIN. The molecule has 3 heteroatoms. The first-order chi connectivity index (χ1) is 6.27. The maximum absolute atomic E-state index is 3.49. The molecule has 0 atom stereocenters. The van der Waals surface area contributed by atoms with Gasteiger partial charge < -0.3 is 4.90 Å². The van der Waals surface area contributed by atoms with Crippen LogP contribution in [-0.4, -0.2) is 13.1 Å². The lowest BCUT2D eigenvalue weighted by Gasteiger charge is -2.19. The molecule has 0 amide bonds. The van der Waals surface area contributed by atoms with Gasteiger partial charge in [-0.25, -0.2) is 0 Å². The van der Waals surface area contributed by atoms with Crippen molar-refractivity contribution in [2.24, 2.45) is 0 Å². The van der Waals surface area contributed by atoms with Gasteiger partial charge in [-0.15, -0.1) is 0 Å². The highest BCUT2D eigenvalue weighted by atomic mass is 127. The van der Waals surface area contributed by atoms with Crippen molar-refractivity contribution in [1.82, 2.24) is 0 Å². The van der Waals surface area contributed by atoms with Gasteiger partial charge in [-0.3, -0.25) is 0 Å². The van der Waals surface area contributed by atoms with Gasteiger partial charge in [0.1, 0.15) is 0 Å². The molecule has 1 aromatic rings. The molecule has 1 heterocycles. The topological polar surface area (TPSA) is 3.24 Å². The smallest absolute Gasteiger partial charge is 0.0518 e. The summed E-state index contributed by atoms with van der Waals surface area (Å²) in [4.78, 5) is 2.35. The summed E-state index contributed by atoms with van der Waals surface area (Å²) in [7, 11) is 0. The predicted octanol–water partition coefficient (Wildman–Crippen LogP) is 3.43. The van der Waals surface area contributed by atoms with Crippen LogP contribution in [0.2, 0.25) is 0 Å². The van der Waals surface area contributed by atoms with E-state index >= 15 is 0 Å². The predicted molar refractivity (Wildman–Crippen MR) is 68.2 cm³/mol. The monoisotopic (exact) mass is 349 g/mol. The van der Waals surface area contributed by atoms with Gasteiger partial charge in [0.25, 0.3) is 0 Å². The van der Waals surface area contributed by atoms with Gasteiger partial charge in [0, 0.05) is 21.1 Å². The zero-order chi connectivity index (χ0) is 9.26. The second-order valence-corrected chi connectivity index (χ2v) is 5.05. The Kier molecular flexibility index (Phi) is 2.93. The van der Waals surface area contributed by atoms with Crippen LogP contribution in [0.5, 0.6) is 0 Å². The van der Waals surface area contributed by atoms with Crippen LogP contribution < -0.4 is 4.90 Å². The Balaban J connectivity index is 2.33. The van der Waals surface area contributed by atoms with Gasteiger partial charge in [0.05, 0.1) is 5.69 Å². The van der Waals surface area contributed by atoms with Crippen LogP contribution in [0.4, 0.5) is 5.69 Å². The third-order valence-electron chi connectivity index (χ3n) is 2.07. The van der Waals surface area contributed by atoms with E-state index in [-0.39, 0.29) is 0 Å². The first kappa shape index (κ1) is 9.52. The number of hydrogen-bond donors (Lipinski definition) is 0. The molecule has 2 rings (SSSR count). The third-order valence-corrected chi connectivity index (χ3v) is 3.47. The highest BCUT2D eigenvalue weighted by molar-refractivity contribution is 14.1. The zero-order valence-electron chi connectivity index (χ0n) is 7.00. The molecule has 0 radical (unpaired) electrons. The summed E-state index contributed by atoms with van der Waals surface area (Å²) in [5, 5.41) is 0. The minimum Gasteiger partial charge on any atom is -0.363 e. The van der Waals surface area contributed by atoms with Gasteiger partial charge >= 0.3 is 0 Å². The first-order valence-electron chi connectivity index (χ1n) is 4.12. The number of nitrogens with zero attached hydrogens (tertiary/aromatic N) is 1. The molecule has 0 fully saturated rings. The van der Waals surface area contributed by atoms with Gasteiger partial charge in [-0.2, -0.15) is 0 Å². The molecule has 0 aliphatic carbocycles. The molecule has 1 aliphatic heterocycles. The van der Waals surface area contributed by atoms with Crippen LogP contribution in [0, 0.1) is 3.57 Å². The van der Waals surface area contributed by atoms with Crippen LogP contribution in [0.1, 0.15) is 0 Å². The molecule has 1 nitrogen and oxygen atoms in total. The highest BCUT2D eigenvalue weighted by Crippen LogP contribution is 2.27. The molecule has 0 aromatic heterocycles. The number of anilines is 1. The number of rotatable bonds is 1. The Labute approximate surface area is 100 Å². The van der Waals surface area contributed by atoms with Crippen LogP contribution in [0.25, 0.3) is 0 Å². The lowest BCUT2D eigenvalue weighted by Crippen LogP contribution is -2.19. The van der Waals surface area contributed by atoms with E-state index in [2.05, 4.69) is 73.8 Å². The van der Waals surface area contributed by atoms with E-state index < -0.39 is 0 Å². The largest absolute Gasteiger partial charge is 0.363 e. The maximum atomic E-state index is 3.49. The van der Waals surface area contributed by atoms with Gasteiger partial charge in [0.2, 0.25) is 0 Å². The lowest BCUT2D eigenvalue weighted by molar-refractivity contribution is 1.00. The Morgan fingerprint density at radius 2 is 1.92 bits per heavy atom. The molecule has 0 unspecified atom stereocenters. The van der Waals surface area contributed by atoms with Crippen molar-refractivity contribution in [3.05, 3.63) is 38.4 Å². The number of hydrogen-bond acceptors (Lipinski definition) is 1. The van der Waals surface area contributed by atoms with E-state index in [0.717, 1.165) is 17.6 Å². The summed E-state index contributed by atoms with van der Waals surface area (Å²) < 4.78 is 2.46. The van der Waals surface area contributed by atoms with Crippen molar-refractivity contribution in [2.45, 2.75) is 0 Å². The minimum absolute atomic E-state index is 1.03. The van der Waals surface area contributed by atoms with Crippen molar-refractivity contribution >= 4 is 44.2 Å². The van der Waals surface area contributed by atoms with Crippen molar-refractivity contribution in [3.63, 3.8) is 0 Å². The Morgan fingerprint density at radius 3 is 2.62 bits per heavy atom. The van der Waals surface area contributed by atoms with E-state index in [9.17, 15) is 0 Å². The molecule has 1 aliphatic rings. The average molecular weight is 350 g/mol. The molecular weight excluding hydrogens is 341 g/mol. The second-order valence-electron chi connectivity index (χ2n) is 2.97. The standard InChI is InChI=1S/C10H9BrIN/c11-8-3-4-9(12)10(7-8)13-5-1-2-6-13/h1-4,7H,5-6H2. The fraction of sp³-hybridized carbons (Fsp3) is 0.200. The van der Waals surface area contributed by atoms with E-state index in [0.29, 0.717) is 0 Å². The molecule has 0 bridgehead atoms. The Morgan fingerprint density at radius 1 is 1.23 bits per heavy atom. The summed E-state index contributed by atoms with van der Waals surface area (Å²) in [5.74, 6) is 0. The van der Waals surface area contributed by atoms with Gasteiger partial charge in [0.15, 0.2) is 0 Å². The molecule has 0 N–H and O–H groups in total. The number of halogens is 2. The Hall–Kier alpha value is -0.0300. The molecule has 1 aromatic carbocycles. The van der Waals surface area contributed by atoms with Crippen LogP contribution in [0.3, 0.4) is 0 Å². The van der Waals surface area contributed by atoms with Crippen molar-refractivity contribution in [2.75, 3.05) is 18.0 Å². The average Bonchev–Trinajstić information content (AvgIpc) is 2.61. The molecule has 13 heavy (non-hydrogen) atoms. The highest BCUT2D eigenvalue weighted by Gasteiger charge is 2.10. The first-order valence-corrected chi connectivity index (χ1v) is 5.99. The van der Waals surface area contributed by atoms with Crippen LogP contribution >= 0.6 is 38.5 Å². The minimum atomic E-state index is 1.03. The Bertz CT molecular complexity index is 341. The quantitative estimate of drug-likeness (QED) is 0.554. The van der Waals surface area contributed by atoms with E-state index in [1.807, 2.05) is 0 Å². The zero-order valence-corrected chi connectivity index (χ0v) is 10.7. The molecule has 0 saturated carbocycles. The van der Waals surface area contributed by atoms with Crippen molar-refractivity contribution < 1.29 is 0 Å². The summed E-state index contributed by atoms with van der Waals surface area (Å²) in [6.45, 7) is 2.07. The van der Waals surface area contributed by atoms with Crippen molar-refractivity contribution in [3.8, 4) is 0 Å². The summed E-state index contributed by atoms with van der Waals surface area (Å²) >= 11 is 5.87. The summed E-state index contributed by atoms with van der Waals surface area (Å²) in [5.41, 5.74) is 1.32. The molecule has 0 saturated heterocycles. The van der Waals surface area contributed by atoms with Gasteiger partial charge in [-0.05, 0) is 40.8 Å². The number of benzene rings is 1. The second kappa shape index (κ2) is 4.00. The van der Waals surface area contributed by atoms with E-state index in [4.69, 9.17) is 0 Å². The fourth-order valence-corrected chi connectivity index (χ4v) is 2.43. The third kappa shape index (κ3) is 2.07. The lowest BCUT2D eigenvalue weighted by atomic mass is 10.3. The van der Waals surface area contributed by atoms with Gasteiger partial charge in [-0.1, -0.05) is 28.1 Å². The van der Waals surface area contributed by atoms with E-state index in [1.54, 1.807) is 0 Å². The normalized spacial score (nSPS) is 15.4. The summed E-state index contributed by atoms with van der Waals surface area (Å²) in [6, 6.07) is 6.39. The fourth-order valence-electron chi connectivity index (χ4n) is 1.40. The molecule has 68 valence electrons. The molecule has 0 spiro atoms.